The van der Waals surface area contributed by atoms with Gasteiger partial charge in [0.2, 0.25) is 0 Å². The van der Waals surface area contributed by atoms with E-state index in [0.29, 0.717) is 11.5 Å². The van der Waals surface area contributed by atoms with Crippen LogP contribution in [0.3, 0.4) is 0 Å². The van der Waals surface area contributed by atoms with Gasteiger partial charge >= 0.3 is 5.97 Å². The van der Waals surface area contributed by atoms with Gasteiger partial charge in [-0.1, -0.05) is 60.7 Å². The van der Waals surface area contributed by atoms with Gasteiger partial charge in [-0.3, -0.25) is 9.79 Å². The third kappa shape index (κ3) is 6.27. The highest BCUT2D eigenvalue weighted by Crippen LogP contribution is 2.31. The zero-order chi connectivity index (χ0) is 25.5. The molecule has 2 aromatic heterocycles. The number of hydrogen-bond acceptors (Lipinski definition) is 6. The van der Waals surface area contributed by atoms with Crippen LogP contribution < -0.4 is 0 Å². The van der Waals surface area contributed by atoms with Gasteiger partial charge in [0.25, 0.3) is 0 Å². The van der Waals surface area contributed by atoms with Gasteiger partial charge in [0.15, 0.2) is 17.6 Å². The maximum atomic E-state index is 13.7. The lowest BCUT2D eigenvalue weighted by Crippen LogP contribution is -2.36. The number of ether oxygens (including phenoxy) is 1. The van der Waals surface area contributed by atoms with E-state index in [2.05, 4.69) is 0 Å². The molecule has 0 aliphatic heterocycles. The summed E-state index contributed by atoms with van der Waals surface area (Å²) in [4.78, 5) is 31.8. The number of nitrogens with zero attached hydrogens (tertiary/aromatic N) is 1. The van der Waals surface area contributed by atoms with Crippen molar-refractivity contribution in [1.82, 2.24) is 0 Å². The summed E-state index contributed by atoms with van der Waals surface area (Å²) in [5, 5.41) is 0. The van der Waals surface area contributed by atoms with E-state index in [-0.39, 0.29) is 18.0 Å². The number of carbonyl (C=O) groups excluding carboxylic acids is 2. The number of benzene rings is 2. The minimum Gasteiger partial charge on any atom is -0.469 e. The van der Waals surface area contributed by atoms with Gasteiger partial charge in [0.05, 0.1) is 24.2 Å². The number of esters is 1. The summed E-state index contributed by atoms with van der Waals surface area (Å²) in [5.41, 5.74) is 1.55. The molecule has 6 heteroatoms. The average molecular weight is 484 g/mol. The van der Waals surface area contributed by atoms with Crippen LogP contribution in [0, 0.1) is 0 Å². The van der Waals surface area contributed by atoms with E-state index in [1.807, 2.05) is 60.7 Å². The lowest BCUT2D eigenvalue weighted by Gasteiger charge is -2.26. The number of furan rings is 2. The highest BCUT2D eigenvalue weighted by molar-refractivity contribution is 6.13. The molecule has 0 saturated heterocycles. The van der Waals surface area contributed by atoms with E-state index in [0.717, 1.165) is 11.1 Å². The predicted molar refractivity (Wildman–Crippen MR) is 137 cm³/mol. The second-order valence-corrected chi connectivity index (χ2v) is 9.41. The van der Waals surface area contributed by atoms with Crippen molar-refractivity contribution >= 4 is 17.5 Å². The van der Waals surface area contributed by atoms with Gasteiger partial charge in [-0.15, -0.1) is 0 Å². The standard InChI is InChI=1S/C30H29NO5/c1-30(2,3)36-29(33)28(23(25-16-10-18-34-25)20-24(32)26-17-11-19-35-26)31-27(21-12-6-4-7-13-21)22-14-8-5-9-15-22/h4-19,23,28H,20H2,1-3H3/t23-,28-/m1/s1. The monoisotopic (exact) mass is 483 g/mol. The van der Waals surface area contributed by atoms with Gasteiger partial charge < -0.3 is 13.6 Å². The first-order valence-electron chi connectivity index (χ1n) is 11.8. The maximum Gasteiger partial charge on any atom is 0.332 e. The third-order valence-electron chi connectivity index (χ3n) is 5.50. The molecular formula is C30H29NO5. The van der Waals surface area contributed by atoms with Gasteiger partial charge in [-0.25, -0.2) is 4.79 Å². The van der Waals surface area contributed by atoms with Crippen LogP contribution in [0.25, 0.3) is 0 Å². The van der Waals surface area contributed by atoms with Crippen LogP contribution in [0.5, 0.6) is 0 Å². The molecule has 2 heterocycles. The molecular weight excluding hydrogens is 454 g/mol. The van der Waals surface area contributed by atoms with Crippen LogP contribution >= 0.6 is 0 Å². The van der Waals surface area contributed by atoms with Crippen molar-refractivity contribution in [2.24, 2.45) is 4.99 Å². The molecule has 2 atom stereocenters. The zero-order valence-electron chi connectivity index (χ0n) is 20.6. The van der Waals surface area contributed by atoms with E-state index in [4.69, 9.17) is 18.6 Å². The molecule has 0 fully saturated rings. The van der Waals surface area contributed by atoms with Crippen molar-refractivity contribution in [2.45, 2.75) is 44.8 Å². The summed E-state index contributed by atoms with van der Waals surface area (Å²) >= 11 is 0. The topological polar surface area (TPSA) is 82.0 Å². The molecule has 2 aromatic carbocycles. The summed E-state index contributed by atoms with van der Waals surface area (Å²) in [6, 6.07) is 24.9. The van der Waals surface area contributed by atoms with Crippen LogP contribution in [-0.4, -0.2) is 29.1 Å². The molecule has 36 heavy (non-hydrogen) atoms. The normalized spacial score (nSPS) is 13.0. The van der Waals surface area contributed by atoms with Crippen molar-refractivity contribution in [3.05, 3.63) is 120 Å². The molecule has 0 amide bonds. The Morgan fingerprint density at radius 1 is 0.806 bits per heavy atom. The summed E-state index contributed by atoms with van der Waals surface area (Å²) in [7, 11) is 0. The van der Waals surface area contributed by atoms with Crippen LogP contribution in [0.2, 0.25) is 0 Å². The molecule has 4 rings (SSSR count). The van der Waals surface area contributed by atoms with Crippen molar-refractivity contribution in [3.63, 3.8) is 0 Å². The summed E-state index contributed by atoms with van der Waals surface area (Å²) in [6.07, 6.45) is 2.91. The Labute approximate surface area is 210 Å². The number of ketones is 1. The molecule has 0 N–H and O–H groups in total. The predicted octanol–water partition coefficient (Wildman–Crippen LogP) is 6.48. The first-order chi connectivity index (χ1) is 17.3. The minimum atomic E-state index is -1.05. The summed E-state index contributed by atoms with van der Waals surface area (Å²) in [6.45, 7) is 5.41. The van der Waals surface area contributed by atoms with Crippen molar-refractivity contribution in [3.8, 4) is 0 Å². The average Bonchev–Trinajstić information content (AvgIpc) is 3.58. The molecule has 0 spiro atoms. The van der Waals surface area contributed by atoms with Crippen molar-refractivity contribution in [2.75, 3.05) is 0 Å². The van der Waals surface area contributed by atoms with Crippen LogP contribution in [-0.2, 0) is 9.53 Å². The highest BCUT2D eigenvalue weighted by Gasteiger charge is 2.37. The van der Waals surface area contributed by atoms with E-state index in [1.54, 1.807) is 45.0 Å². The second-order valence-electron chi connectivity index (χ2n) is 9.41. The Hall–Kier alpha value is -4.19. The Balaban J connectivity index is 1.85. The SMILES string of the molecule is CC(C)(C)OC(=O)[C@H](N=C(c1ccccc1)c1ccccc1)[C@H](CC(=O)c1ccco1)c1ccco1. The van der Waals surface area contributed by atoms with E-state index < -0.39 is 23.5 Å². The summed E-state index contributed by atoms with van der Waals surface area (Å²) < 4.78 is 16.8. The molecule has 0 saturated carbocycles. The Bertz CT molecular complexity index is 1240. The number of carbonyl (C=O) groups is 2. The largest absolute Gasteiger partial charge is 0.469 e. The molecule has 0 unspecified atom stereocenters. The Morgan fingerprint density at radius 3 is 1.89 bits per heavy atom. The van der Waals surface area contributed by atoms with E-state index in [9.17, 15) is 9.59 Å². The van der Waals surface area contributed by atoms with Crippen LogP contribution in [0.15, 0.2) is 111 Å². The lowest BCUT2D eigenvalue weighted by atomic mass is 9.90. The van der Waals surface area contributed by atoms with E-state index in [1.165, 1.54) is 12.5 Å². The number of rotatable bonds is 9. The second kappa shape index (κ2) is 11.0. The van der Waals surface area contributed by atoms with Crippen molar-refractivity contribution in [1.29, 1.82) is 0 Å². The lowest BCUT2D eigenvalue weighted by molar-refractivity contribution is -0.157. The van der Waals surface area contributed by atoms with Crippen LogP contribution in [0.1, 0.15) is 60.6 Å². The number of aliphatic imine (C=N–C) groups is 1. The van der Waals surface area contributed by atoms with Gasteiger partial charge in [-0.05, 0) is 45.0 Å². The first kappa shape index (κ1) is 24.9. The Kier molecular flexibility index (Phi) is 7.64. The molecule has 0 aliphatic rings. The van der Waals surface area contributed by atoms with Gasteiger partial charge in [0.1, 0.15) is 11.4 Å². The fourth-order valence-corrected chi connectivity index (χ4v) is 3.92. The van der Waals surface area contributed by atoms with Gasteiger partial charge in [0, 0.05) is 17.5 Å². The Morgan fingerprint density at radius 2 is 1.39 bits per heavy atom. The zero-order valence-corrected chi connectivity index (χ0v) is 20.6. The number of Topliss-reactive ketones (excluding diaryl/α,β-unsaturated/α-hetero) is 1. The highest BCUT2D eigenvalue weighted by atomic mass is 16.6. The summed E-state index contributed by atoms with van der Waals surface area (Å²) in [5.74, 6) is -0.832. The molecule has 0 aliphatic carbocycles. The number of hydrogen-bond donors (Lipinski definition) is 0. The molecule has 6 nitrogen and oxygen atoms in total. The third-order valence-corrected chi connectivity index (χ3v) is 5.50. The molecule has 4 aromatic rings. The molecule has 184 valence electrons. The smallest absolute Gasteiger partial charge is 0.332 e. The van der Waals surface area contributed by atoms with Crippen molar-refractivity contribution < 1.29 is 23.2 Å². The first-order valence-corrected chi connectivity index (χ1v) is 11.8. The molecule has 0 bridgehead atoms. The maximum absolute atomic E-state index is 13.7. The molecule has 0 radical (unpaired) electrons. The van der Waals surface area contributed by atoms with Gasteiger partial charge in [-0.2, -0.15) is 0 Å². The van der Waals surface area contributed by atoms with E-state index >= 15 is 0 Å². The fraction of sp³-hybridized carbons (Fsp3) is 0.233. The minimum absolute atomic E-state index is 0.0503. The fourth-order valence-electron chi connectivity index (χ4n) is 3.92. The van der Waals surface area contributed by atoms with Crippen LogP contribution in [0.4, 0.5) is 0 Å². The quantitative estimate of drug-likeness (QED) is 0.155.